The highest BCUT2D eigenvalue weighted by Gasteiger charge is 2.42. The minimum Gasteiger partial charge on any atom is -0.423 e. The summed E-state index contributed by atoms with van der Waals surface area (Å²) in [4.78, 5) is 6.81. The van der Waals surface area contributed by atoms with Crippen molar-refractivity contribution >= 4 is 17.1 Å². The van der Waals surface area contributed by atoms with Crippen LogP contribution in [-0.4, -0.2) is 43.0 Å². The van der Waals surface area contributed by atoms with E-state index >= 15 is 0 Å². The summed E-state index contributed by atoms with van der Waals surface area (Å²) in [5, 5.41) is 0. The Hall–Kier alpha value is -1.59. The zero-order valence-corrected chi connectivity index (χ0v) is 12.2. The fraction of sp³-hybridized carbons (Fsp3) is 0.562. The maximum atomic E-state index is 6.20. The summed E-state index contributed by atoms with van der Waals surface area (Å²) in [5.41, 5.74) is 1.53. The Morgan fingerprint density at radius 3 is 3.05 bits per heavy atom. The summed E-state index contributed by atoms with van der Waals surface area (Å²) in [6.45, 7) is 5.18. The van der Waals surface area contributed by atoms with E-state index in [1.165, 1.54) is 0 Å². The van der Waals surface area contributed by atoms with Crippen LogP contribution in [0.4, 0.5) is 6.01 Å². The topological polar surface area (TPSA) is 47.7 Å². The van der Waals surface area contributed by atoms with E-state index < -0.39 is 0 Å². The lowest BCUT2D eigenvalue weighted by Gasteiger charge is -2.46. The summed E-state index contributed by atoms with van der Waals surface area (Å²) < 4.78 is 17.8. The molecule has 0 N–H and O–H groups in total. The van der Waals surface area contributed by atoms with Gasteiger partial charge < -0.3 is 18.8 Å². The molecule has 5 nitrogen and oxygen atoms in total. The Bertz CT molecular complexity index is 600. The average Bonchev–Trinajstić information content (AvgIpc) is 2.91. The summed E-state index contributed by atoms with van der Waals surface area (Å²) >= 11 is 0. The van der Waals surface area contributed by atoms with Crippen molar-refractivity contribution in [2.75, 3.05) is 31.2 Å². The van der Waals surface area contributed by atoms with Gasteiger partial charge in [-0.15, -0.1) is 0 Å². The Kier molecular flexibility index (Phi) is 3.12. The van der Waals surface area contributed by atoms with Crippen LogP contribution in [0, 0.1) is 0 Å². The van der Waals surface area contributed by atoms with Crippen molar-refractivity contribution in [2.24, 2.45) is 0 Å². The summed E-state index contributed by atoms with van der Waals surface area (Å²) in [6, 6.07) is 8.57. The second-order valence-electron chi connectivity index (χ2n) is 6.11. The second kappa shape index (κ2) is 5.00. The standard InChI is InChI=1S/C16H20N2O3/c1-12-9-18(10-16(21-12)7-4-8-19-11-16)15-17-13-5-2-3-6-14(13)20-15/h2-3,5-6,12H,4,7-11H2,1H3/t12-,16+/m0/s1. The van der Waals surface area contributed by atoms with Crippen molar-refractivity contribution in [1.29, 1.82) is 0 Å². The molecule has 2 aromatic rings. The van der Waals surface area contributed by atoms with Gasteiger partial charge in [-0.2, -0.15) is 4.98 Å². The minimum atomic E-state index is -0.212. The summed E-state index contributed by atoms with van der Waals surface area (Å²) in [7, 11) is 0. The molecule has 4 rings (SSSR count). The predicted molar refractivity (Wildman–Crippen MR) is 79.6 cm³/mol. The van der Waals surface area contributed by atoms with Gasteiger partial charge in [-0.1, -0.05) is 12.1 Å². The molecule has 2 fully saturated rings. The molecule has 2 aliphatic rings. The lowest BCUT2D eigenvalue weighted by Crippen LogP contribution is -2.58. The van der Waals surface area contributed by atoms with E-state index in [0.717, 1.165) is 43.6 Å². The van der Waals surface area contributed by atoms with E-state index in [4.69, 9.17) is 13.9 Å². The number of hydrogen-bond acceptors (Lipinski definition) is 5. The van der Waals surface area contributed by atoms with Crippen LogP contribution < -0.4 is 4.90 Å². The van der Waals surface area contributed by atoms with Gasteiger partial charge in [0.2, 0.25) is 0 Å². The monoisotopic (exact) mass is 288 g/mol. The van der Waals surface area contributed by atoms with Crippen LogP contribution in [0.5, 0.6) is 0 Å². The van der Waals surface area contributed by atoms with Crippen LogP contribution in [0.2, 0.25) is 0 Å². The molecule has 0 radical (unpaired) electrons. The number of ether oxygens (including phenoxy) is 2. The molecule has 0 aliphatic carbocycles. The van der Waals surface area contributed by atoms with Crippen LogP contribution in [0.3, 0.4) is 0 Å². The first kappa shape index (κ1) is 13.1. The summed E-state index contributed by atoms with van der Waals surface area (Å²) in [5.74, 6) is 0. The average molecular weight is 288 g/mol. The number of rotatable bonds is 1. The van der Waals surface area contributed by atoms with E-state index in [-0.39, 0.29) is 11.7 Å². The normalized spacial score (nSPS) is 30.1. The van der Waals surface area contributed by atoms with E-state index in [1.807, 2.05) is 24.3 Å². The SMILES string of the molecule is C[C@H]1CN(c2nc3ccccc3o2)C[C@@]2(CCCOC2)O1. The number of morpholine rings is 1. The van der Waals surface area contributed by atoms with Crippen molar-refractivity contribution in [3.63, 3.8) is 0 Å². The number of nitrogens with zero attached hydrogens (tertiary/aromatic N) is 2. The largest absolute Gasteiger partial charge is 0.423 e. The smallest absolute Gasteiger partial charge is 0.298 e. The van der Waals surface area contributed by atoms with Gasteiger partial charge in [0, 0.05) is 13.2 Å². The third-order valence-electron chi connectivity index (χ3n) is 4.25. The number of fused-ring (bicyclic) bond motifs is 1. The quantitative estimate of drug-likeness (QED) is 0.807. The van der Waals surface area contributed by atoms with E-state index in [0.29, 0.717) is 12.6 Å². The lowest BCUT2D eigenvalue weighted by atomic mass is 9.93. The van der Waals surface area contributed by atoms with Crippen LogP contribution in [0.15, 0.2) is 28.7 Å². The molecule has 112 valence electrons. The fourth-order valence-electron chi connectivity index (χ4n) is 3.41. The van der Waals surface area contributed by atoms with Gasteiger partial charge in [0.1, 0.15) is 11.1 Å². The minimum absolute atomic E-state index is 0.149. The zero-order valence-electron chi connectivity index (χ0n) is 12.2. The van der Waals surface area contributed by atoms with Crippen molar-refractivity contribution in [2.45, 2.75) is 31.5 Å². The van der Waals surface area contributed by atoms with Crippen LogP contribution in [0.25, 0.3) is 11.1 Å². The molecule has 21 heavy (non-hydrogen) atoms. The second-order valence-corrected chi connectivity index (χ2v) is 6.11. The Morgan fingerprint density at radius 2 is 2.24 bits per heavy atom. The highest BCUT2D eigenvalue weighted by molar-refractivity contribution is 5.74. The van der Waals surface area contributed by atoms with Gasteiger partial charge in [-0.3, -0.25) is 0 Å². The highest BCUT2D eigenvalue weighted by Crippen LogP contribution is 2.33. The molecule has 5 heteroatoms. The molecule has 0 unspecified atom stereocenters. The van der Waals surface area contributed by atoms with Gasteiger partial charge in [0.05, 0.1) is 19.3 Å². The number of oxazole rings is 1. The number of para-hydroxylation sites is 2. The molecule has 0 saturated carbocycles. The molecule has 1 spiro atoms. The highest BCUT2D eigenvalue weighted by atomic mass is 16.6. The molecule has 3 heterocycles. The molecule has 2 saturated heterocycles. The summed E-state index contributed by atoms with van der Waals surface area (Å²) in [6.07, 6.45) is 2.23. The maximum Gasteiger partial charge on any atom is 0.298 e. The molecule has 1 aromatic heterocycles. The van der Waals surface area contributed by atoms with Gasteiger partial charge in [-0.25, -0.2) is 0 Å². The third kappa shape index (κ3) is 2.40. The molecule has 0 amide bonds. The number of hydrogen-bond donors (Lipinski definition) is 0. The maximum absolute atomic E-state index is 6.20. The first-order valence-corrected chi connectivity index (χ1v) is 7.60. The van der Waals surface area contributed by atoms with Crippen molar-refractivity contribution in [3.05, 3.63) is 24.3 Å². The first-order chi connectivity index (χ1) is 10.2. The van der Waals surface area contributed by atoms with Crippen LogP contribution >= 0.6 is 0 Å². The molecular weight excluding hydrogens is 268 g/mol. The van der Waals surface area contributed by atoms with Gasteiger partial charge in [0.25, 0.3) is 6.01 Å². The van der Waals surface area contributed by atoms with Gasteiger partial charge in [-0.05, 0) is 31.9 Å². The Balaban J connectivity index is 1.64. The zero-order chi connectivity index (χ0) is 14.3. The Morgan fingerprint density at radius 1 is 1.33 bits per heavy atom. The first-order valence-electron chi connectivity index (χ1n) is 7.60. The van der Waals surface area contributed by atoms with Gasteiger partial charge >= 0.3 is 0 Å². The Labute approximate surface area is 123 Å². The van der Waals surface area contributed by atoms with Crippen molar-refractivity contribution in [3.8, 4) is 0 Å². The lowest BCUT2D eigenvalue weighted by molar-refractivity contribution is -0.161. The van der Waals surface area contributed by atoms with Crippen LogP contribution in [-0.2, 0) is 9.47 Å². The molecule has 2 aliphatic heterocycles. The molecular formula is C16H20N2O3. The number of aromatic nitrogens is 1. The number of anilines is 1. The molecule has 0 bridgehead atoms. The predicted octanol–water partition coefficient (Wildman–Crippen LogP) is 2.60. The third-order valence-corrected chi connectivity index (χ3v) is 4.25. The van der Waals surface area contributed by atoms with E-state index in [1.54, 1.807) is 0 Å². The van der Waals surface area contributed by atoms with E-state index in [2.05, 4.69) is 16.8 Å². The molecule has 1 aromatic carbocycles. The van der Waals surface area contributed by atoms with Crippen molar-refractivity contribution < 1.29 is 13.9 Å². The van der Waals surface area contributed by atoms with Crippen LogP contribution in [0.1, 0.15) is 19.8 Å². The van der Waals surface area contributed by atoms with E-state index in [9.17, 15) is 0 Å². The molecule has 2 atom stereocenters. The number of benzene rings is 1. The van der Waals surface area contributed by atoms with Crippen molar-refractivity contribution in [1.82, 2.24) is 4.98 Å². The fourth-order valence-corrected chi connectivity index (χ4v) is 3.41. The van der Waals surface area contributed by atoms with Gasteiger partial charge in [0.15, 0.2) is 5.58 Å².